The van der Waals surface area contributed by atoms with Gasteiger partial charge in [-0.25, -0.2) is 9.59 Å². The Morgan fingerprint density at radius 2 is 1.05 bits per heavy atom. The van der Waals surface area contributed by atoms with Crippen molar-refractivity contribution < 1.29 is 28.7 Å². The standard InChI is InChI=1S/C46H60N8O6/c1-25(2)39(51-45(57)59-7)43(55)53-27(5)9-19-37(53)41-47-23-35(49-41)30-13-11-29(12-14-30)31-15-16-33-22-34(18-17-32(33)21-31)36-24-48-42(50-36)38-20-10-28(6)54(38)44(56)40(26(3)4)52-46(58)60-8/h11-18,21-22,25-28,35-40H,9-10,19-20,23-24H2,1-8H3,(H,47,49)(H,48,50)(H,51,57)(H,52,58)/t27-,28-,35?,36?,37-,38-,39-,40-/m0/s1. The van der Waals surface area contributed by atoms with Gasteiger partial charge in [0.1, 0.15) is 23.8 Å². The number of rotatable bonds is 11. The lowest BCUT2D eigenvalue weighted by Crippen LogP contribution is -2.56. The van der Waals surface area contributed by atoms with E-state index in [0.29, 0.717) is 13.1 Å². The van der Waals surface area contributed by atoms with Crippen LogP contribution in [0.5, 0.6) is 0 Å². The predicted octanol–water partition coefficient (Wildman–Crippen LogP) is 6.11. The summed E-state index contributed by atoms with van der Waals surface area (Å²) < 4.78 is 9.61. The Hall–Kier alpha value is -5.66. The van der Waals surface area contributed by atoms with Crippen LogP contribution in [0.2, 0.25) is 0 Å². The molecule has 2 fully saturated rings. The molecule has 320 valence electrons. The Morgan fingerprint density at radius 1 is 0.617 bits per heavy atom. The van der Waals surface area contributed by atoms with Crippen molar-refractivity contribution in [3.63, 3.8) is 0 Å². The molecule has 2 saturated heterocycles. The zero-order valence-electron chi connectivity index (χ0n) is 36.0. The number of fused-ring (bicyclic) bond motifs is 1. The number of carbonyl (C=O) groups excluding carboxylic acids is 4. The highest BCUT2D eigenvalue weighted by molar-refractivity contribution is 5.97. The molecule has 0 aliphatic carbocycles. The van der Waals surface area contributed by atoms with Gasteiger partial charge in [0.25, 0.3) is 0 Å². The topological polar surface area (TPSA) is 166 Å². The first-order valence-electron chi connectivity index (χ1n) is 21.4. The van der Waals surface area contributed by atoms with Gasteiger partial charge >= 0.3 is 12.2 Å². The minimum atomic E-state index is -0.686. The highest BCUT2D eigenvalue weighted by Crippen LogP contribution is 2.33. The highest BCUT2D eigenvalue weighted by Gasteiger charge is 2.44. The van der Waals surface area contributed by atoms with E-state index in [1.807, 2.05) is 37.5 Å². The van der Waals surface area contributed by atoms with Crippen molar-refractivity contribution in [3.8, 4) is 11.1 Å². The molecule has 7 rings (SSSR count). The zero-order chi connectivity index (χ0) is 42.8. The number of nitrogens with one attached hydrogen (secondary N) is 4. The first-order chi connectivity index (χ1) is 28.8. The third kappa shape index (κ3) is 8.64. The first-order valence-corrected chi connectivity index (χ1v) is 21.4. The molecule has 4 aliphatic heterocycles. The summed E-state index contributed by atoms with van der Waals surface area (Å²) in [7, 11) is 2.61. The number of hydrogen-bond acceptors (Lipinski definition) is 10. The van der Waals surface area contributed by atoms with Crippen molar-refractivity contribution in [2.45, 2.75) is 116 Å². The molecule has 0 saturated carbocycles. The lowest BCUT2D eigenvalue weighted by Gasteiger charge is -2.34. The van der Waals surface area contributed by atoms with Crippen LogP contribution in [0.1, 0.15) is 90.4 Å². The Morgan fingerprint density at radius 3 is 1.53 bits per heavy atom. The average molecular weight is 821 g/mol. The van der Waals surface area contributed by atoms with Crippen LogP contribution in [0.3, 0.4) is 0 Å². The van der Waals surface area contributed by atoms with Crippen LogP contribution in [0, 0.1) is 11.8 Å². The maximum Gasteiger partial charge on any atom is 0.407 e. The summed E-state index contributed by atoms with van der Waals surface area (Å²) in [4.78, 5) is 65.3. The number of ether oxygens (including phenoxy) is 2. The van der Waals surface area contributed by atoms with Crippen LogP contribution in [0.4, 0.5) is 9.59 Å². The quantitative estimate of drug-likeness (QED) is 0.180. The van der Waals surface area contributed by atoms with E-state index >= 15 is 0 Å². The number of methoxy groups -OCH3 is 2. The third-order valence-corrected chi connectivity index (χ3v) is 12.7. The molecule has 14 heteroatoms. The average Bonchev–Trinajstić information content (AvgIpc) is 4.08. The Kier molecular flexibility index (Phi) is 12.7. The normalized spacial score (nSPS) is 24.8. The van der Waals surface area contributed by atoms with Crippen molar-refractivity contribution >= 4 is 46.4 Å². The summed E-state index contributed by atoms with van der Waals surface area (Å²) in [6.45, 7) is 13.0. The fourth-order valence-electron chi connectivity index (χ4n) is 9.24. The van der Waals surface area contributed by atoms with Crippen molar-refractivity contribution in [1.82, 2.24) is 31.1 Å². The van der Waals surface area contributed by atoms with Gasteiger partial charge in [0.2, 0.25) is 11.8 Å². The molecule has 0 radical (unpaired) electrons. The number of alkyl carbamates (subject to hydrolysis) is 2. The number of hydrogen-bond donors (Lipinski definition) is 4. The van der Waals surface area contributed by atoms with E-state index in [4.69, 9.17) is 19.5 Å². The largest absolute Gasteiger partial charge is 0.453 e. The molecule has 2 unspecified atom stereocenters. The molecule has 14 nitrogen and oxygen atoms in total. The fraction of sp³-hybridized carbons (Fsp3) is 0.522. The first kappa shape index (κ1) is 42.5. The van der Waals surface area contributed by atoms with E-state index < -0.39 is 24.3 Å². The summed E-state index contributed by atoms with van der Waals surface area (Å²) in [5, 5.41) is 15.0. The lowest BCUT2D eigenvalue weighted by atomic mass is 9.96. The number of amidine groups is 2. The molecule has 4 N–H and O–H groups in total. The summed E-state index contributed by atoms with van der Waals surface area (Å²) in [6.07, 6.45) is 2.11. The highest BCUT2D eigenvalue weighted by atomic mass is 16.5. The fourth-order valence-corrected chi connectivity index (χ4v) is 9.24. The van der Waals surface area contributed by atoms with Gasteiger partial charge in [-0.15, -0.1) is 0 Å². The van der Waals surface area contributed by atoms with E-state index in [2.05, 4.69) is 95.8 Å². The van der Waals surface area contributed by atoms with Crippen LogP contribution in [-0.4, -0.2) is 109 Å². The van der Waals surface area contributed by atoms with Crippen LogP contribution in [0.25, 0.3) is 21.9 Å². The number of likely N-dealkylation sites (tertiary alicyclic amines) is 2. The smallest absolute Gasteiger partial charge is 0.407 e. The second-order valence-corrected chi connectivity index (χ2v) is 17.4. The molecule has 0 aromatic heterocycles. The molecular formula is C46H60N8O6. The van der Waals surface area contributed by atoms with E-state index in [1.54, 1.807) is 0 Å². The van der Waals surface area contributed by atoms with Gasteiger partial charge in [0.15, 0.2) is 0 Å². The molecule has 8 atom stereocenters. The van der Waals surface area contributed by atoms with Crippen LogP contribution in [0.15, 0.2) is 70.6 Å². The number of amides is 4. The SMILES string of the molecule is COC(=O)N[C@H](C(=O)N1[C@@H](C)CC[C@H]1C1=NCC(c2ccc(-c3ccc4cc(C5CN=C([C@@H]6CC[C@H](C)N6C(=O)[C@@H](NC(=O)OC)C(C)C)N5)ccc4c3)cc2)N1)C(C)C. The van der Waals surface area contributed by atoms with E-state index in [0.717, 1.165) is 70.4 Å². The van der Waals surface area contributed by atoms with Gasteiger partial charge in [-0.05, 0) is 96.5 Å². The van der Waals surface area contributed by atoms with Gasteiger partial charge < -0.3 is 40.5 Å². The van der Waals surface area contributed by atoms with Crippen molar-refractivity contribution in [2.75, 3.05) is 27.3 Å². The number of nitrogens with zero attached hydrogens (tertiary/aromatic N) is 4. The van der Waals surface area contributed by atoms with Gasteiger partial charge in [0, 0.05) is 12.1 Å². The minimum Gasteiger partial charge on any atom is -0.453 e. The monoisotopic (exact) mass is 820 g/mol. The van der Waals surface area contributed by atoms with Crippen LogP contribution < -0.4 is 21.3 Å². The van der Waals surface area contributed by atoms with Crippen LogP contribution >= 0.6 is 0 Å². The van der Waals surface area contributed by atoms with Crippen molar-refractivity contribution in [3.05, 3.63) is 71.8 Å². The summed E-state index contributed by atoms with van der Waals surface area (Å²) in [5.41, 5.74) is 4.50. The van der Waals surface area contributed by atoms with Gasteiger partial charge in [-0.2, -0.15) is 0 Å². The predicted molar refractivity (Wildman–Crippen MR) is 233 cm³/mol. The maximum absolute atomic E-state index is 13.8. The Bertz CT molecular complexity index is 2150. The molecule has 4 heterocycles. The summed E-state index contributed by atoms with van der Waals surface area (Å²) in [6, 6.07) is 20.0. The Balaban J connectivity index is 0.977. The van der Waals surface area contributed by atoms with E-state index in [1.165, 1.54) is 14.2 Å². The molecule has 3 aromatic carbocycles. The van der Waals surface area contributed by atoms with Gasteiger partial charge in [-0.1, -0.05) is 76.2 Å². The minimum absolute atomic E-state index is 0.000814. The molecule has 0 spiro atoms. The second kappa shape index (κ2) is 17.9. The molecular weight excluding hydrogens is 761 g/mol. The molecule has 0 bridgehead atoms. The second-order valence-electron chi connectivity index (χ2n) is 17.4. The lowest BCUT2D eigenvalue weighted by molar-refractivity contribution is -0.136. The maximum atomic E-state index is 13.8. The van der Waals surface area contributed by atoms with Crippen molar-refractivity contribution in [1.29, 1.82) is 0 Å². The van der Waals surface area contributed by atoms with Gasteiger partial charge in [-0.3, -0.25) is 19.6 Å². The summed E-state index contributed by atoms with van der Waals surface area (Å²) >= 11 is 0. The molecule has 3 aromatic rings. The number of aliphatic imine (C=N–C) groups is 2. The zero-order valence-corrected chi connectivity index (χ0v) is 36.0. The molecule has 4 amide bonds. The number of benzene rings is 3. The van der Waals surface area contributed by atoms with Crippen LogP contribution in [-0.2, 0) is 19.1 Å². The van der Waals surface area contributed by atoms with Gasteiger partial charge in [0.05, 0.1) is 51.5 Å². The van der Waals surface area contributed by atoms with E-state index in [-0.39, 0.29) is 59.9 Å². The van der Waals surface area contributed by atoms with E-state index in [9.17, 15) is 19.2 Å². The van der Waals surface area contributed by atoms with Crippen molar-refractivity contribution in [2.24, 2.45) is 21.8 Å². The third-order valence-electron chi connectivity index (χ3n) is 12.7. The Labute approximate surface area is 352 Å². The number of carbonyl (C=O) groups is 4. The molecule has 4 aliphatic rings. The molecule has 60 heavy (non-hydrogen) atoms. The summed E-state index contributed by atoms with van der Waals surface area (Å²) in [5.74, 6) is 1.21.